The van der Waals surface area contributed by atoms with Gasteiger partial charge in [0, 0.05) is 30.7 Å². The average molecular weight is 234 g/mol. The highest BCUT2D eigenvalue weighted by molar-refractivity contribution is 7.99. The molecule has 16 heavy (non-hydrogen) atoms. The number of nitrogens with zero attached hydrogens (tertiary/aromatic N) is 1. The van der Waals surface area contributed by atoms with Gasteiger partial charge >= 0.3 is 0 Å². The maximum absolute atomic E-state index is 5.18. The lowest BCUT2D eigenvalue weighted by molar-refractivity contribution is 0.596. The fraction of sp³-hybridized carbons (Fsp3) is 0.462. The molecule has 3 heteroatoms. The van der Waals surface area contributed by atoms with Crippen molar-refractivity contribution in [2.45, 2.75) is 19.9 Å². The molecular formula is C13H18N2S. The largest absolute Gasteiger partial charge is 0.309 e. The summed E-state index contributed by atoms with van der Waals surface area (Å²) in [5.41, 5.74) is 2.55. The van der Waals surface area contributed by atoms with Crippen LogP contribution in [-0.4, -0.2) is 23.0 Å². The van der Waals surface area contributed by atoms with Gasteiger partial charge < -0.3 is 5.32 Å². The number of pyridine rings is 1. The van der Waals surface area contributed by atoms with Gasteiger partial charge in [-0.2, -0.15) is 0 Å². The highest BCUT2D eigenvalue weighted by Crippen LogP contribution is 2.15. The van der Waals surface area contributed by atoms with Gasteiger partial charge in [-0.3, -0.25) is 4.98 Å². The molecule has 0 saturated heterocycles. The van der Waals surface area contributed by atoms with Crippen LogP contribution in [0.3, 0.4) is 0 Å². The van der Waals surface area contributed by atoms with Crippen molar-refractivity contribution in [2.75, 3.05) is 18.1 Å². The Labute approximate surface area is 102 Å². The molecule has 0 aromatic carbocycles. The Bertz CT molecular complexity index is 357. The van der Waals surface area contributed by atoms with E-state index in [4.69, 9.17) is 6.42 Å². The van der Waals surface area contributed by atoms with Gasteiger partial charge in [-0.15, -0.1) is 18.2 Å². The fourth-order valence-electron chi connectivity index (χ4n) is 1.52. The second-order valence-corrected chi connectivity index (χ2v) is 4.77. The van der Waals surface area contributed by atoms with Crippen LogP contribution >= 0.6 is 11.8 Å². The van der Waals surface area contributed by atoms with Crippen LogP contribution in [0.5, 0.6) is 0 Å². The summed E-state index contributed by atoms with van der Waals surface area (Å²) in [6, 6.07) is 2.39. The molecule has 1 aromatic rings. The van der Waals surface area contributed by atoms with Gasteiger partial charge in [0.2, 0.25) is 0 Å². The highest BCUT2D eigenvalue weighted by atomic mass is 32.2. The lowest BCUT2D eigenvalue weighted by Gasteiger charge is -2.15. The number of rotatable bonds is 6. The van der Waals surface area contributed by atoms with E-state index < -0.39 is 0 Å². The van der Waals surface area contributed by atoms with Gasteiger partial charge in [0.1, 0.15) is 0 Å². The standard InChI is InChI=1S/C13H18N2S/c1-4-8-16-9-7-15-12(3)13-10-14-6-5-11(13)2/h1,5-6,10,12,15H,7-9H2,2-3H3. The molecular weight excluding hydrogens is 216 g/mol. The van der Waals surface area contributed by atoms with Gasteiger partial charge in [0.05, 0.1) is 5.75 Å². The second kappa shape index (κ2) is 7.32. The van der Waals surface area contributed by atoms with Crippen molar-refractivity contribution in [1.82, 2.24) is 10.3 Å². The molecule has 1 N–H and O–H groups in total. The number of terminal acetylenes is 1. The highest BCUT2D eigenvalue weighted by Gasteiger charge is 2.06. The number of nitrogens with one attached hydrogen (secondary N) is 1. The van der Waals surface area contributed by atoms with Gasteiger partial charge in [-0.05, 0) is 31.0 Å². The molecule has 0 spiro atoms. The van der Waals surface area contributed by atoms with E-state index in [2.05, 4.69) is 30.1 Å². The van der Waals surface area contributed by atoms with Crippen molar-refractivity contribution >= 4 is 11.8 Å². The number of aromatic nitrogens is 1. The molecule has 86 valence electrons. The summed E-state index contributed by atoms with van der Waals surface area (Å²) in [6.07, 6.45) is 8.94. The lowest BCUT2D eigenvalue weighted by atomic mass is 10.1. The number of hydrogen-bond donors (Lipinski definition) is 1. The molecule has 1 atom stereocenters. The third-order valence-corrected chi connectivity index (χ3v) is 3.29. The van der Waals surface area contributed by atoms with E-state index in [-0.39, 0.29) is 0 Å². The quantitative estimate of drug-likeness (QED) is 0.604. The molecule has 1 heterocycles. The molecule has 1 aromatic heterocycles. The van der Waals surface area contributed by atoms with Crippen LogP contribution in [0.4, 0.5) is 0 Å². The molecule has 0 aliphatic rings. The van der Waals surface area contributed by atoms with Crippen LogP contribution < -0.4 is 5.32 Å². The summed E-state index contributed by atoms with van der Waals surface area (Å²) in [7, 11) is 0. The summed E-state index contributed by atoms with van der Waals surface area (Å²) in [4.78, 5) is 4.15. The summed E-state index contributed by atoms with van der Waals surface area (Å²) < 4.78 is 0. The van der Waals surface area contributed by atoms with Crippen LogP contribution in [0.25, 0.3) is 0 Å². The van der Waals surface area contributed by atoms with Gasteiger partial charge in [0.15, 0.2) is 0 Å². The summed E-state index contributed by atoms with van der Waals surface area (Å²) in [5, 5.41) is 3.47. The SMILES string of the molecule is C#CCSCCNC(C)c1cnccc1C. The lowest BCUT2D eigenvalue weighted by Crippen LogP contribution is -2.22. The first-order chi connectivity index (χ1) is 7.75. The normalized spacial score (nSPS) is 12.1. The van der Waals surface area contributed by atoms with Crippen LogP contribution in [0.1, 0.15) is 24.1 Å². The molecule has 0 fully saturated rings. The predicted octanol–water partition coefficient (Wildman–Crippen LogP) is 2.41. The van der Waals surface area contributed by atoms with E-state index >= 15 is 0 Å². The smallest absolute Gasteiger partial charge is 0.0545 e. The predicted molar refractivity (Wildman–Crippen MR) is 71.5 cm³/mol. The molecule has 0 aliphatic heterocycles. The van der Waals surface area contributed by atoms with E-state index in [1.807, 2.05) is 18.5 Å². The Morgan fingerprint density at radius 2 is 2.44 bits per heavy atom. The first-order valence-electron chi connectivity index (χ1n) is 5.40. The van der Waals surface area contributed by atoms with Gasteiger partial charge in [0.25, 0.3) is 0 Å². The zero-order valence-electron chi connectivity index (χ0n) is 9.86. The van der Waals surface area contributed by atoms with Gasteiger partial charge in [-0.25, -0.2) is 0 Å². The van der Waals surface area contributed by atoms with E-state index in [1.165, 1.54) is 11.1 Å². The monoisotopic (exact) mass is 234 g/mol. The third-order valence-electron chi connectivity index (χ3n) is 2.43. The Balaban J connectivity index is 2.33. The number of hydrogen-bond acceptors (Lipinski definition) is 3. The van der Waals surface area contributed by atoms with Crippen molar-refractivity contribution in [3.8, 4) is 12.3 Å². The second-order valence-electron chi connectivity index (χ2n) is 3.66. The Morgan fingerprint density at radius 3 is 3.12 bits per heavy atom. The zero-order valence-corrected chi connectivity index (χ0v) is 10.7. The van der Waals surface area contributed by atoms with E-state index in [1.54, 1.807) is 11.8 Å². The first-order valence-corrected chi connectivity index (χ1v) is 6.56. The molecule has 2 nitrogen and oxygen atoms in total. The average Bonchev–Trinajstić information content (AvgIpc) is 2.29. The van der Waals surface area contributed by atoms with E-state index in [0.717, 1.165) is 18.1 Å². The van der Waals surface area contributed by atoms with Crippen LogP contribution in [-0.2, 0) is 0 Å². The minimum atomic E-state index is 0.347. The Morgan fingerprint density at radius 1 is 1.62 bits per heavy atom. The maximum atomic E-state index is 5.18. The molecule has 1 rings (SSSR count). The van der Waals surface area contributed by atoms with Crippen molar-refractivity contribution in [3.63, 3.8) is 0 Å². The van der Waals surface area contributed by atoms with Crippen LogP contribution in [0.2, 0.25) is 0 Å². The first kappa shape index (κ1) is 13.1. The third kappa shape index (κ3) is 4.26. The van der Waals surface area contributed by atoms with Crippen LogP contribution in [0.15, 0.2) is 18.5 Å². The number of thioether (sulfide) groups is 1. The van der Waals surface area contributed by atoms with Crippen molar-refractivity contribution < 1.29 is 0 Å². The summed E-state index contributed by atoms with van der Waals surface area (Å²) in [6.45, 7) is 5.25. The minimum absolute atomic E-state index is 0.347. The minimum Gasteiger partial charge on any atom is -0.309 e. The number of aryl methyl sites for hydroxylation is 1. The molecule has 0 saturated carbocycles. The maximum Gasteiger partial charge on any atom is 0.0545 e. The summed E-state index contributed by atoms with van der Waals surface area (Å²) >= 11 is 1.78. The molecule has 0 radical (unpaired) electrons. The van der Waals surface area contributed by atoms with E-state index in [9.17, 15) is 0 Å². The molecule has 0 amide bonds. The van der Waals surface area contributed by atoms with Crippen molar-refractivity contribution in [3.05, 3.63) is 29.6 Å². The molecule has 0 aliphatic carbocycles. The molecule has 1 unspecified atom stereocenters. The summed E-state index contributed by atoms with van der Waals surface area (Å²) in [5.74, 6) is 4.46. The Kier molecular flexibility index (Phi) is 5.99. The fourth-order valence-corrected chi connectivity index (χ4v) is 2.04. The Hall–Kier alpha value is -0.980. The topological polar surface area (TPSA) is 24.9 Å². The molecule has 0 bridgehead atoms. The van der Waals surface area contributed by atoms with Crippen molar-refractivity contribution in [2.24, 2.45) is 0 Å². The van der Waals surface area contributed by atoms with Gasteiger partial charge in [-0.1, -0.05) is 5.92 Å². The van der Waals surface area contributed by atoms with Crippen molar-refractivity contribution in [1.29, 1.82) is 0 Å². The zero-order chi connectivity index (χ0) is 11.8. The van der Waals surface area contributed by atoms with E-state index in [0.29, 0.717) is 6.04 Å². The van der Waals surface area contributed by atoms with Crippen LogP contribution in [0, 0.1) is 19.3 Å².